The number of hydrogen-bond donors (Lipinski definition) is 2. The van der Waals surface area contributed by atoms with Crippen molar-refractivity contribution in [1.29, 1.82) is 0 Å². The molecule has 1 saturated heterocycles. The smallest absolute Gasteiger partial charge is 0.131 e. The van der Waals surface area contributed by atoms with Crippen molar-refractivity contribution in [2.24, 2.45) is 0 Å². The van der Waals surface area contributed by atoms with Crippen molar-refractivity contribution >= 4 is 5.78 Å². The van der Waals surface area contributed by atoms with Crippen molar-refractivity contribution in [2.45, 2.75) is 51.3 Å². The molecule has 3 nitrogen and oxygen atoms in total. The van der Waals surface area contributed by atoms with E-state index in [1.807, 2.05) is 6.92 Å². The van der Waals surface area contributed by atoms with Gasteiger partial charge in [0.2, 0.25) is 0 Å². The normalized spacial score (nSPS) is 36.4. The molecule has 0 aromatic rings. The minimum atomic E-state index is -0.231. The predicted octanol–water partition coefficient (Wildman–Crippen LogP) is 0.467. The maximum Gasteiger partial charge on any atom is 0.131 e. The number of aliphatic hydroxyl groups excluding tert-OH is 1. The molecule has 0 bridgehead atoms. The Morgan fingerprint density at radius 1 is 1.58 bits per heavy atom. The highest BCUT2D eigenvalue weighted by Crippen LogP contribution is 2.15. The van der Waals surface area contributed by atoms with Crippen LogP contribution in [0.25, 0.3) is 0 Å². The number of piperidine rings is 1. The fourth-order valence-electron chi connectivity index (χ4n) is 1.86. The van der Waals surface area contributed by atoms with Gasteiger partial charge in [-0.15, -0.1) is 0 Å². The van der Waals surface area contributed by atoms with Gasteiger partial charge in [0.1, 0.15) is 5.78 Å². The molecule has 0 spiro atoms. The average Bonchev–Trinajstić information content (AvgIpc) is 1.81. The Morgan fingerprint density at radius 3 is 2.75 bits per heavy atom. The van der Waals surface area contributed by atoms with E-state index in [4.69, 9.17) is 0 Å². The zero-order chi connectivity index (χ0) is 9.14. The highest BCUT2D eigenvalue weighted by molar-refractivity contribution is 5.76. The first-order valence-corrected chi connectivity index (χ1v) is 4.51. The van der Waals surface area contributed by atoms with Gasteiger partial charge in [-0.3, -0.25) is 4.79 Å². The Labute approximate surface area is 73.2 Å². The number of hydrogen-bond acceptors (Lipinski definition) is 3. The molecule has 0 aromatic carbocycles. The zero-order valence-corrected chi connectivity index (χ0v) is 7.71. The van der Waals surface area contributed by atoms with Crippen molar-refractivity contribution in [2.75, 3.05) is 0 Å². The number of nitrogens with one attached hydrogen (secondary N) is 1. The molecule has 0 saturated carbocycles. The van der Waals surface area contributed by atoms with Gasteiger partial charge in [-0.1, -0.05) is 0 Å². The lowest BCUT2D eigenvalue weighted by molar-refractivity contribution is -0.117. The van der Waals surface area contributed by atoms with E-state index in [2.05, 4.69) is 5.32 Å². The Hall–Kier alpha value is -0.410. The summed E-state index contributed by atoms with van der Waals surface area (Å²) in [6, 6.07) is 0.513. The highest BCUT2D eigenvalue weighted by Gasteiger charge is 2.24. The first-order chi connectivity index (χ1) is 5.58. The maximum absolute atomic E-state index is 10.8. The van der Waals surface area contributed by atoms with Crippen molar-refractivity contribution < 1.29 is 9.90 Å². The highest BCUT2D eigenvalue weighted by atomic mass is 16.3. The number of Topliss-reactive ketones (excluding diaryl/α,β-unsaturated/α-hetero) is 1. The minimum Gasteiger partial charge on any atom is -0.393 e. The average molecular weight is 171 g/mol. The summed E-state index contributed by atoms with van der Waals surface area (Å²) in [5.74, 6) is 0.189. The van der Waals surface area contributed by atoms with Crippen LogP contribution in [0.5, 0.6) is 0 Å². The third-order valence-electron chi connectivity index (χ3n) is 2.24. The molecular formula is C9H17NO2. The summed E-state index contributed by atoms with van der Waals surface area (Å²) in [4.78, 5) is 10.8. The van der Waals surface area contributed by atoms with Crippen molar-refractivity contribution in [3.8, 4) is 0 Å². The largest absolute Gasteiger partial charge is 0.393 e. The Bertz CT molecular complexity index is 160. The van der Waals surface area contributed by atoms with Crippen LogP contribution in [0.15, 0.2) is 0 Å². The second-order valence-electron chi connectivity index (χ2n) is 3.80. The monoisotopic (exact) mass is 171 g/mol. The predicted molar refractivity (Wildman–Crippen MR) is 46.9 cm³/mol. The van der Waals surface area contributed by atoms with Crippen LogP contribution in [-0.2, 0) is 4.79 Å². The number of carbonyl (C=O) groups is 1. The fourth-order valence-corrected chi connectivity index (χ4v) is 1.86. The number of aliphatic hydroxyl groups is 1. The molecule has 70 valence electrons. The molecule has 0 radical (unpaired) electrons. The number of rotatable bonds is 2. The summed E-state index contributed by atoms with van der Waals surface area (Å²) in [6.07, 6.45) is 1.82. The van der Waals surface area contributed by atoms with Crippen molar-refractivity contribution in [1.82, 2.24) is 5.32 Å². The molecule has 1 aliphatic heterocycles. The maximum atomic E-state index is 10.8. The van der Waals surface area contributed by atoms with Gasteiger partial charge in [0.25, 0.3) is 0 Å². The Morgan fingerprint density at radius 2 is 2.25 bits per heavy atom. The topological polar surface area (TPSA) is 49.3 Å². The quantitative estimate of drug-likeness (QED) is 0.635. The molecule has 1 fully saturated rings. The first-order valence-electron chi connectivity index (χ1n) is 4.51. The van der Waals surface area contributed by atoms with E-state index in [-0.39, 0.29) is 17.9 Å². The van der Waals surface area contributed by atoms with E-state index in [0.717, 1.165) is 6.42 Å². The molecule has 12 heavy (non-hydrogen) atoms. The second kappa shape index (κ2) is 4.01. The Kier molecular flexibility index (Phi) is 3.23. The van der Waals surface area contributed by atoms with Gasteiger partial charge >= 0.3 is 0 Å². The van der Waals surface area contributed by atoms with Crippen LogP contribution >= 0.6 is 0 Å². The van der Waals surface area contributed by atoms with E-state index in [1.165, 1.54) is 0 Å². The number of carbonyl (C=O) groups excluding carboxylic acids is 1. The lowest BCUT2D eigenvalue weighted by Gasteiger charge is -2.31. The van der Waals surface area contributed by atoms with Crippen molar-refractivity contribution in [3.05, 3.63) is 0 Å². The van der Waals surface area contributed by atoms with Crippen LogP contribution in [0.3, 0.4) is 0 Å². The summed E-state index contributed by atoms with van der Waals surface area (Å²) in [5, 5.41) is 12.7. The van der Waals surface area contributed by atoms with Gasteiger partial charge in [-0.05, 0) is 26.7 Å². The lowest BCUT2D eigenvalue weighted by Crippen LogP contribution is -2.46. The molecule has 0 aromatic heterocycles. The van der Waals surface area contributed by atoms with Gasteiger partial charge < -0.3 is 10.4 Å². The van der Waals surface area contributed by atoms with Gasteiger partial charge in [-0.2, -0.15) is 0 Å². The SMILES string of the molecule is CC(=O)CC1CC(O)CC(C)N1. The Balaban J connectivity index is 2.38. The molecular weight excluding hydrogens is 154 g/mol. The second-order valence-corrected chi connectivity index (χ2v) is 3.80. The lowest BCUT2D eigenvalue weighted by atomic mass is 9.94. The summed E-state index contributed by atoms with van der Waals surface area (Å²) in [6.45, 7) is 3.63. The van der Waals surface area contributed by atoms with Crippen LogP contribution in [0.4, 0.5) is 0 Å². The molecule has 2 N–H and O–H groups in total. The van der Waals surface area contributed by atoms with Crippen LogP contribution in [0, 0.1) is 0 Å². The summed E-state index contributed by atoms with van der Waals surface area (Å²) in [7, 11) is 0. The van der Waals surface area contributed by atoms with E-state index >= 15 is 0 Å². The third kappa shape index (κ3) is 2.91. The molecule has 1 heterocycles. The van der Waals surface area contributed by atoms with Crippen molar-refractivity contribution in [3.63, 3.8) is 0 Å². The summed E-state index contributed by atoms with van der Waals surface area (Å²) in [5.41, 5.74) is 0. The van der Waals surface area contributed by atoms with Crippen LogP contribution in [-0.4, -0.2) is 29.1 Å². The zero-order valence-electron chi connectivity index (χ0n) is 7.71. The van der Waals surface area contributed by atoms with Crippen LogP contribution < -0.4 is 5.32 Å². The summed E-state index contributed by atoms with van der Waals surface area (Å²) >= 11 is 0. The van der Waals surface area contributed by atoms with E-state index in [9.17, 15) is 9.90 Å². The fraction of sp³-hybridized carbons (Fsp3) is 0.889. The van der Waals surface area contributed by atoms with E-state index < -0.39 is 0 Å². The van der Waals surface area contributed by atoms with Crippen LogP contribution in [0.2, 0.25) is 0 Å². The molecule has 0 amide bonds. The van der Waals surface area contributed by atoms with E-state index in [0.29, 0.717) is 18.9 Å². The summed E-state index contributed by atoms with van der Waals surface area (Å²) < 4.78 is 0. The third-order valence-corrected chi connectivity index (χ3v) is 2.24. The van der Waals surface area contributed by atoms with Gasteiger partial charge in [0.05, 0.1) is 6.10 Å². The molecule has 3 atom stereocenters. The molecule has 3 unspecified atom stereocenters. The van der Waals surface area contributed by atoms with Crippen LogP contribution in [0.1, 0.15) is 33.1 Å². The first kappa shape index (κ1) is 9.68. The molecule has 0 aliphatic carbocycles. The molecule has 3 heteroatoms. The van der Waals surface area contributed by atoms with Gasteiger partial charge in [-0.25, -0.2) is 0 Å². The van der Waals surface area contributed by atoms with E-state index in [1.54, 1.807) is 6.92 Å². The molecule has 1 aliphatic rings. The van der Waals surface area contributed by atoms with Gasteiger partial charge in [0.15, 0.2) is 0 Å². The van der Waals surface area contributed by atoms with Gasteiger partial charge in [0, 0.05) is 18.5 Å². The molecule has 1 rings (SSSR count). The number of ketones is 1. The minimum absolute atomic E-state index is 0.182. The standard InChI is InChI=1S/C9H17NO2/c1-6-3-9(12)5-8(10-6)4-7(2)11/h6,8-10,12H,3-5H2,1-2H3.